The number of non-ortho nitro benzene ring substituents is 1. The van der Waals surface area contributed by atoms with E-state index >= 15 is 0 Å². The highest BCUT2D eigenvalue weighted by atomic mass is 16.6. The van der Waals surface area contributed by atoms with Gasteiger partial charge in [-0.25, -0.2) is 9.83 Å². The standard InChI is InChI=1S/C20H20N6O4/c1-21-17-10-22-20(24-18(17)30-2)23-13-4-3-5-14(8-13)25-11-12-6-7-15(26(28)29)9-16(12)19(25)27/h6-7,9-10,13-14H,3-5,8,11H2,2H3,(H,22,23,24)/t13-,14+/m1/s1. The average molecular weight is 408 g/mol. The molecule has 0 spiro atoms. The van der Waals surface area contributed by atoms with Gasteiger partial charge in [0.05, 0.1) is 24.2 Å². The summed E-state index contributed by atoms with van der Waals surface area (Å²) in [4.78, 5) is 37.0. The van der Waals surface area contributed by atoms with E-state index in [4.69, 9.17) is 11.3 Å². The first kappa shape index (κ1) is 19.6. The number of benzene rings is 1. The van der Waals surface area contributed by atoms with Gasteiger partial charge in [0.25, 0.3) is 17.3 Å². The molecule has 2 aromatic rings. The molecule has 10 nitrogen and oxygen atoms in total. The van der Waals surface area contributed by atoms with Crippen molar-refractivity contribution in [2.75, 3.05) is 12.4 Å². The van der Waals surface area contributed by atoms with Gasteiger partial charge in [-0.3, -0.25) is 14.9 Å². The number of fused-ring (bicyclic) bond motifs is 1. The summed E-state index contributed by atoms with van der Waals surface area (Å²) in [6, 6.07) is 4.58. The largest absolute Gasteiger partial charge is 0.490 e. The molecule has 0 bridgehead atoms. The minimum Gasteiger partial charge on any atom is -0.490 e. The number of hydrogen-bond acceptors (Lipinski definition) is 7. The van der Waals surface area contributed by atoms with Crippen LogP contribution in [0.25, 0.3) is 4.85 Å². The molecule has 4 rings (SSSR count). The van der Waals surface area contributed by atoms with Gasteiger partial charge >= 0.3 is 0 Å². The minimum absolute atomic E-state index is 0.0274. The number of amides is 1. The third-order valence-corrected chi connectivity index (χ3v) is 5.61. The Balaban J connectivity index is 1.46. The predicted octanol–water partition coefficient (Wildman–Crippen LogP) is 3.32. The summed E-state index contributed by atoms with van der Waals surface area (Å²) in [6.07, 6.45) is 4.86. The summed E-state index contributed by atoms with van der Waals surface area (Å²) in [7, 11) is 1.46. The molecule has 154 valence electrons. The predicted molar refractivity (Wildman–Crippen MR) is 107 cm³/mol. The third kappa shape index (κ3) is 3.61. The first-order valence-corrected chi connectivity index (χ1v) is 9.63. The Hall–Kier alpha value is -3.74. The molecule has 10 heteroatoms. The molecule has 0 radical (unpaired) electrons. The zero-order chi connectivity index (χ0) is 21.3. The van der Waals surface area contributed by atoms with E-state index in [2.05, 4.69) is 20.1 Å². The smallest absolute Gasteiger partial charge is 0.270 e. The van der Waals surface area contributed by atoms with Crippen LogP contribution >= 0.6 is 0 Å². The maximum absolute atomic E-state index is 12.9. The second kappa shape index (κ2) is 7.94. The Kier molecular flexibility index (Phi) is 5.18. The van der Waals surface area contributed by atoms with E-state index in [1.54, 1.807) is 6.07 Å². The quantitative estimate of drug-likeness (QED) is 0.458. The van der Waals surface area contributed by atoms with Gasteiger partial charge in [0.1, 0.15) is 0 Å². The summed E-state index contributed by atoms with van der Waals surface area (Å²) in [5, 5.41) is 14.3. The van der Waals surface area contributed by atoms with Crippen LogP contribution in [0.15, 0.2) is 24.4 Å². The molecule has 1 saturated carbocycles. The zero-order valence-electron chi connectivity index (χ0n) is 16.4. The molecule has 1 aliphatic carbocycles. The highest BCUT2D eigenvalue weighted by Crippen LogP contribution is 2.33. The number of carbonyl (C=O) groups excluding carboxylic acids is 1. The molecule has 1 fully saturated rings. The van der Waals surface area contributed by atoms with Crippen molar-refractivity contribution < 1.29 is 14.5 Å². The van der Waals surface area contributed by atoms with Crippen LogP contribution in [0.2, 0.25) is 0 Å². The molecule has 0 unspecified atom stereocenters. The van der Waals surface area contributed by atoms with Crippen molar-refractivity contribution in [1.82, 2.24) is 14.9 Å². The van der Waals surface area contributed by atoms with Crippen LogP contribution in [0.4, 0.5) is 17.3 Å². The molecule has 2 atom stereocenters. The number of anilines is 1. The van der Waals surface area contributed by atoms with Crippen LogP contribution in [0.5, 0.6) is 5.88 Å². The molecule has 0 saturated heterocycles. The fraction of sp³-hybridized carbons (Fsp3) is 0.400. The number of methoxy groups -OCH3 is 1. The van der Waals surface area contributed by atoms with E-state index in [9.17, 15) is 14.9 Å². The highest BCUT2D eigenvalue weighted by molar-refractivity contribution is 5.99. The zero-order valence-corrected chi connectivity index (χ0v) is 16.4. The lowest BCUT2D eigenvalue weighted by Gasteiger charge is -2.35. The van der Waals surface area contributed by atoms with E-state index in [-0.39, 0.29) is 35.2 Å². The van der Waals surface area contributed by atoms with Crippen LogP contribution in [-0.4, -0.2) is 44.9 Å². The van der Waals surface area contributed by atoms with E-state index in [1.165, 1.54) is 25.4 Å². The lowest BCUT2D eigenvalue weighted by Crippen LogP contribution is -2.42. The van der Waals surface area contributed by atoms with Crippen LogP contribution in [-0.2, 0) is 6.54 Å². The van der Waals surface area contributed by atoms with E-state index in [0.29, 0.717) is 18.1 Å². The first-order valence-electron chi connectivity index (χ1n) is 9.63. The Morgan fingerprint density at radius 1 is 1.40 bits per heavy atom. The SMILES string of the molecule is [C-]#[N+]c1cnc(N[C@@H]2CCC[C@H](N3Cc4ccc([N+](=O)[O-])cc4C3=O)C2)nc1OC. The average Bonchev–Trinajstić information content (AvgIpc) is 3.09. The Bertz CT molecular complexity index is 1050. The van der Waals surface area contributed by atoms with Gasteiger partial charge in [-0.1, -0.05) is 0 Å². The Morgan fingerprint density at radius 2 is 2.23 bits per heavy atom. The van der Waals surface area contributed by atoms with E-state index in [0.717, 1.165) is 31.2 Å². The summed E-state index contributed by atoms with van der Waals surface area (Å²) < 4.78 is 5.14. The molecule has 2 aliphatic rings. The van der Waals surface area contributed by atoms with Gasteiger partial charge in [-0.2, -0.15) is 4.98 Å². The van der Waals surface area contributed by atoms with E-state index in [1.807, 2.05) is 4.90 Å². The molecule has 2 heterocycles. The number of carbonyl (C=O) groups is 1. The molecule has 30 heavy (non-hydrogen) atoms. The topological polar surface area (TPSA) is 115 Å². The van der Waals surface area contributed by atoms with Crippen LogP contribution in [0.1, 0.15) is 41.6 Å². The minimum atomic E-state index is -0.482. The van der Waals surface area contributed by atoms with Crippen LogP contribution in [0.3, 0.4) is 0 Å². The van der Waals surface area contributed by atoms with Gasteiger partial charge in [0.15, 0.2) is 0 Å². The number of nitrogens with zero attached hydrogens (tertiary/aromatic N) is 5. The van der Waals surface area contributed by atoms with Crippen LogP contribution in [0, 0.1) is 16.7 Å². The van der Waals surface area contributed by atoms with Gasteiger partial charge < -0.3 is 15.0 Å². The van der Waals surface area contributed by atoms with Crippen molar-refractivity contribution >= 4 is 23.2 Å². The maximum atomic E-state index is 12.9. The van der Waals surface area contributed by atoms with Crippen molar-refractivity contribution in [1.29, 1.82) is 0 Å². The first-order chi connectivity index (χ1) is 14.5. The van der Waals surface area contributed by atoms with Gasteiger partial charge in [-0.05, 0) is 37.3 Å². The number of ether oxygens (including phenoxy) is 1. The maximum Gasteiger partial charge on any atom is 0.270 e. The second-order valence-corrected chi connectivity index (χ2v) is 7.39. The van der Waals surface area contributed by atoms with Crippen LogP contribution < -0.4 is 10.1 Å². The van der Waals surface area contributed by atoms with Gasteiger partial charge in [0, 0.05) is 37.0 Å². The molecular weight excluding hydrogens is 388 g/mol. The highest BCUT2D eigenvalue weighted by Gasteiger charge is 2.36. The van der Waals surface area contributed by atoms with Crippen molar-refractivity contribution in [3.8, 4) is 5.88 Å². The van der Waals surface area contributed by atoms with Gasteiger partial charge in [0.2, 0.25) is 11.8 Å². The van der Waals surface area contributed by atoms with Gasteiger partial charge in [-0.15, -0.1) is 0 Å². The monoisotopic (exact) mass is 408 g/mol. The lowest BCUT2D eigenvalue weighted by atomic mass is 9.90. The number of nitrogens with one attached hydrogen (secondary N) is 1. The normalized spacial score (nSPS) is 20.4. The fourth-order valence-corrected chi connectivity index (χ4v) is 4.14. The summed E-state index contributed by atoms with van der Waals surface area (Å²) in [5.74, 6) is 0.455. The summed E-state index contributed by atoms with van der Waals surface area (Å²) >= 11 is 0. The van der Waals surface area contributed by atoms with E-state index < -0.39 is 4.92 Å². The second-order valence-electron chi connectivity index (χ2n) is 7.39. The summed E-state index contributed by atoms with van der Waals surface area (Å²) in [6.45, 7) is 7.58. The van der Waals surface area contributed by atoms with Crippen molar-refractivity contribution in [2.24, 2.45) is 0 Å². The third-order valence-electron chi connectivity index (χ3n) is 5.61. The lowest BCUT2D eigenvalue weighted by molar-refractivity contribution is -0.384. The Morgan fingerprint density at radius 3 is 2.97 bits per heavy atom. The molecule has 1 amide bonds. The number of rotatable bonds is 5. The Labute approximate surface area is 172 Å². The number of aromatic nitrogens is 2. The number of nitro groups is 1. The van der Waals surface area contributed by atoms with Crippen molar-refractivity contribution in [2.45, 2.75) is 44.3 Å². The molecule has 1 aliphatic heterocycles. The van der Waals surface area contributed by atoms with Crippen molar-refractivity contribution in [3.63, 3.8) is 0 Å². The molecular formula is C20H20N6O4. The van der Waals surface area contributed by atoms with Crippen molar-refractivity contribution in [3.05, 3.63) is 57.1 Å². The summed E-state index contributed by atoms with van der Waals surface area (Å²) in [5.41, 5.74) is 1.42. The molecule has 1 aromatic heterocycles. The molecule has 1 aromatic carbocycles. The fourth-order valence-electron chi connectivity index (χ4n) is 4.14. The number of nitro benzene ring substituents is 1. The molecule has 1 N–H and O–H groups in total. The number of hydrogen-bond donors (Lipinski definition) is 1.